The minimum Gasteiger partial charge on any atom is -0.357 e. The Labute approximate surface area is 122 Å². The van der Waals surface area contributed by atoms with Crippen LogP contribution in [-0.4, -0.2) is 43.6 Å². The van der Waals surface area contributed by atoms with Gasteiger partial charge in [-0.3, -0.25) is 0 Å². The molecule has 0 atom stereocenters. The van der Waals surface area contributed by atoms with Crippen molar-refractivity contribution in [2.75, 3.05) is 38.6 Å². The molecule has 0 bridgehead atoms. The molecule has 0 unspecified atom stereocenters. The SMILES string of the molecule is CCc1cc(CCl)cc(N(CC)CCCN(C)C)n1. The predicted octanol–water partition coefficient (Wildman–Crippen LogP) is 3.16. The van der Waals surface area contributed by atoms with Gasteiger partial charge in [0.2, 0.25) is 0 Å². The van der Waals surface area contributed by atoms with Crippen molar-refractivity contribution in [3.63, 3.8) is 0 Å². The van der Waals surface area contributed by atoms with Crippen LogP contribution in [0.5, 0.6) is 0 Å². The summed E-state index contributed by atoms with van der Waals surface area (Å²) in [6, 6.07) is 4.22. The average Bonchev–Trinajstić information content (AvgIpc) is 2.42. The van der Waals surface area contributed by atoms with Gasteiger partial charge in [-0.15, -0.1) is 11.6 Å². The monoisotopic (exact) mass is 283 g/mol. The molecule has 0 radical (unpaired) electrons. The fraction of sp³-hybridized carbons (Fsp3) is 0.667. The minimum atomic E-state index is 0.553. The second-order valence-corrected chi connectivity index (χ2v) is 5.32. The number of hydrogen-bond donors (Lipinski definition) is 0. The molecule has 1 aromatic heterocycles. The zero-order valence-corrected chi connectivity index (χ0v) is 13.4. The van der Waals surface area contributed by atoms with E-state index in [2.05, 4.69) is 49.9 Å². The maximum atomic E-state index is 5.97. The maximum Gasteiger partial charge on any atom is 0.129 e. The Balaban J connectivity index is 2.78. The summed E-state index contributed by atoms with van der Waals surface area (Å²) in [7, 11) is 4.22. The van der Waals surface area contributed by atoms with Crippen molar-refractivity contribution in [2.24, 2.45) is 0 Å². The fourth-order valence-corrected chi connectivity index (χ4v) is 2.22. The second-order valence-electron chi connectivity index (χ2n) is 5.05. The molecule has 0 spiro atoms. The van der Waals surface area contributed by atoms with Crippen LogP contribution in [0.1, 0.15) is 31.5 Å². The molecule has 0 N–H and O–H groups in total. The summed E-state index contributed by atoms with van der Waals surface area (Å²) in [5.41, 5.74) is 2.29. The van der Waals surface area contributed by atoms with Crippen LogP contribution >= 0.6 is 11.6 Å². The molecule has 0 aliphatic carbocycles. The van der Waals surface area contributed by atoms with E-state index in [1.54, 1.807) is 0 Å². The molecular weight excluding hydrogens is 258 g/mol. The third kappa shape index (κ3) is 5.37. The molecule has 108 valence electrons. The molecular formula is C15H26ClN3. The van der Waals surface area contributed by atoms with Crippen LogP contribution in [0.3, 0.4) is 0 Å². The lowest BCUT2D eigenvalue weighted by molar-refractivity contribution is 0.400. The van der Waals surface area contributed by atoms with Crippen LogP contribution in [0.2, 0.25) is 0 Å². The molecule has 0 saturated carbocycles. The fourth-order valence-electron chi connectivity index (χ4n) is 2.07. The highest BCUT2D eigenvalue weighted by Crippen LogP contribution is 2.17. The molecule has 0 aliphatic heterocycles. The van der Waals surface area contributed by atoms with Crippen molar-refractivity contribution >= 4 is 17.4 Å². The van der Waals surface area contributed by atoms with Gasteiger partial charge in [-0.1, -0.05) is 6.92 Å². The first-order chi connectivity index (χ1) is 9.10. The van der Waals surface area contributed by atoms with Gasteiger partial charge in [-0.2, -0.15) is 0 Å². The first kappa shape index (κ1) is 16.3. The molecule has 0 fully saturated rings. The van der Waals surface area contributed by atoms with E-state index in [1.165, 1.54) is 0 Å². The average molecular weight is 284 g/mol. The molecule has 0 aromatic carbocycles. The van der Waals surface area contributed by atoms with Gasteiger partial charge in [0.05, 0.1) is 0 Å². The highest BCUT2D eigenvalue weighted by atomic mass is 35.5. The first-order valence-corrected chi connectivity index (χ1v) is 7.59. The Hall–Kier alpha value is -0.800. The minimum absolute atomic E-state index is 0.553. The Bertz CT molecular complexity index is 357. The molecule has 0 saturated heterocycles. The van der Waals surface area contributed by atoms with Crippen molar-refractivity contribution in [3.8, 4) is 0 Å². The maximum absolute atomic E-state index is 5.97. The summed E-state index contributed by atoms with van der Waals surface area (Å²) in [5, 5.41) is 0. The van der Waals surface area contributed by atoms with Gasteiger partial charge in [-0.05, 0) is 58.1 Å². The van der Waals surface area contributed by atoms with Crippen LogP contribution < -0.4 is 4.90 Å². The lowest BCUT2D eigenvalue weighted by Crippen LogP contribution is -2.28. The van der Waals surface area contributed by atoms with Gasteiger partial charge in [0.15, 0.2) is 0 Å². The van der Waals surface area contributed by atoms with Crippen LogP contribution in [0.4, 0.5) is 5.82 Å². The summed E-state index contributed by atoms with van der Waals surface area (Å²) >= 11 is 5.97. The zero-order valence-electron chi connectivity index (χ0n) is 12.6. The number of rotatable bonds is 8. The van der Waals surface area contributed by atoms with E-state index in [0.29, 0.717) is 5.88 Å². The van der Waals surface area contributed by atoms with Crippen molar-refractivity contribution in [1.82, 2.24) is 9.88 Å². The molecule has 0 amide bonds. The Morgan fingerprint density at radius 1 is 1.16 bits per heavy atom. The molecule has 0 aliphatic rings. The van der Waals surface area contributed by atoms with Gasteiger partial charge >= 0.3 is 0 Å². The lowest BCUT2D eigenvalue weighted by atomic mass is 10.2. The van der Waals surface area contributed by atoms with Crippen LogP contribution in [0.25, 0.3) is 0 Å². The number of nitrogens with zero attached hydrogens (tertiary/aromatic N) is 3. The Morgan fingerprint density at radius 2 is 1.89 bits per heavy atom. The summed E-state index contributed by atoms with van der Waals surface area (Å²) in [6.45, 7) is 7.43. The predicted molar refractivity (Wildman–Crippen MR) is 84.2 cm³/mol. The number of anilines is 1. The Morgan fingerprint density at radius 3 is 2.42 bits per heavy atom. The topological polar surface area (TPSA) is 19.4 Å². The quantitative estimate of drug-likeness (QED) is 0.683. The largest absolute Gasteiger partial charge is 0.357 e. The number of aromatic nitrogens is 1. The molecule has 4 heteroatoms. The smallest absolute Gasteiger partial charge is 0.129 e. The van der Waals surface area contributed by atoms with E-state index < -0.39 is 0 Å². The summed E-state index contributed by atoms with van der Waals surface area (Å²) in [5.74, 6) is 1.62. The van der Waals surface area contributed by atoms with E-state index in [4.69, 9.17) is 16.6 Å². The number of hydrogen-bond acceptors (Lipinski definition) is 3. The van der Waals surface area contributed by atoms with E-state index in [-0.39, 0.29) is 0 Å². The molecule has 1 heterocycles. The van der Waals surface area contributed by atoms with Crippen molar-refractivity contribution in [1.29, 1.82) is 0 Å². The highest BCUT2D eigenvalue weighted by molar-refractivity contribution is 6.17. The van der Waals surface area contributed by atoms with E-state index in [0.717, 1.165) is 49.6 Å². The van der Waals surface area contributed by atoms with E-state index >= 15 is 0 Å². The summed E-state index contributed by atoms with van der Waals surface area (Å²) < 4.78 is 0. The normalized spacial score (nSPS) is 11.1. The summed E-state index contributed by atoms with van der Waals surface area (Å²) in [6.07, 6.45) is 2.10. The highest BCUT2D eigenvalue weighted by Gasteiger charge is 2.08. The van der Waals surface area contributed by atoms with Crippen LogP contribution in [0.15, 0.2) is 12.1 Å². The lowest BCUT2D eigenvalue weighted by Gasteiger charge is -2.24. The number of halogens is 1. The van der Waals surface area contributed by atoms with Gasteiger partial charge in [0.25, 0.3) is 0 Å². The third-order valence-corrected chi connectivity index (χ3v) is 3.49. The van der Waals surface area contributed by atoms with Crippen LogP contribution in [-0.2, 0) is 12.3 Å². The third-order valence-electron chi connectivity index (χ3n) is 3.18. The van der Waals surface area contributed by atoms with Crippen molar-refractivity contribution in [3.05, 3.63) is 23.4 Å². The summed E-state index contributed by atoms with van der Waals surface area (Å²) in [4.78, 5) is 9.27. The van der Waals surface area contributed by atoms with Gasteiger partial charge in [0, 0.05) is 24.7 Å². The van der Waals surface area contributed by atoms with Crippen LogP contribution in [0, 0.1) is 0 Å². The zero-order chi connectivity index (χ0) is 14.3. The van der Waals surface area contributed by atoms with Crippen molar-refractivity contribution in [2.45, 2.75) is 32.6 Å². The van der Waals surface area contributed by atoms with E-state index in [1.807, 2.05) is 0 Å². The first-order valence-electron chi connectivity index (χ1n) is 7.06. The number of aryl methyl sites for hydroxylation is 1. The van der Waals surface area contributed by atoms with Gasteiger partial charge in [0.1, 0.15) is 5.82 Å². The van der Waals surface area contributed by atoms with E-state index in [9.17, 15) is 0 Å². The standard InChI is InChI=1S/C15H26ClN3/c1-5-14-10-13(12-16)11-15(17-14)19(6-2)9-7-8-18(3)4/h10-11H,5-9,12H2,1-4H3. The molecule has 1 aromatic rings. The van der Waals surface area contributed by atoms with Crippen molar-refractivity contribution < 1.29 is 0 Å². The molecule has 3 nitrogen and oxygen atoms in total. The van der Waals surface area contributed by atoms with Gasteiger partial charge in [-0.25, -0.2) is 4.98 Å². The number of pyridine rings is 1. The number of alkyl halides is 1. The molecule has 1 rings (SSSR count). The second kappa shape index (κ2) is 8.39. The Kier molecular flexibility index (Phi) is 7.17. The molecule has 19 heavy (non-hydrogen) atoms. The van der Waals surface area contributed by atoms with Gasteiger partial charge < -0.3 is 9.80 Å².